The van der Waals surface area contributed by atoms with E-state index in [9.17, 15) is 0 Å². The third-order valence-electron chi connectivity index (χ3n) is 2.40. The summed E-state index contributed by atoms with van der Waals surface area (Å²) in [4.78, 5) is 11.6. The monoisotopic (exact) mass is 249 g/mol. The molecule has 0 radical (unpaired) electrons. The second-order valence-electron chi connectivity index (χ2n) is 3.82. The lowest BCUT2D eigenvalue weighted by molar-refractivity contribution is 0.622. The fourth-order valence-corrected chi connectivity index (χ4v) is 1.44. The molecule has 1 atom stereocenters. The van der Waals surface area contributed by atoms with Crippen molar-refractivity contribution in [2.24, 2.45) is 5.73 Å². The Hall–Kier alpha value is -2.29. The average molecular weight is 249 g/mol. The van der Waals surface area contributed by atoms with Gasteiger partial charge in [-0.1, -0.05) is 12.1 Å². The molecule has 2 aromatic heterocycles. The van der Waals surface area contributed by atoms with Crippen molar-refractivity contribution >= 4 is 11.9 Å². The van der Waals surface area contributed by atoms with Crippen LogP contribution in [0.1, 0.15) is 30.9 Å². The molecule has 18 heavy (non-hydrogen) atoms. The molecule has 2 rings (SSSR count). The van der Waals surface area contributed by atoms with Crippen LogP contribution in [0.25, 0.3) is 0 Å². The highest BCUT2D eigenvalue weighted by Crippen LogP contribution is 2.09. The van der Waals surface area contributed by atoms with Crippen LogP contribution in [-0.4, -0.2) is 29.9 Å². The summed E-state index contributed by atoms with van der Waals surface area (Å²) in [5.41, 5.74) is 17.5. The third-order valence-corrected chi connectivity index (χ3v) is 2.40. The second kappa shape index (κ2) is 4.92. The first-order chi connectivity index (χ1) is 8.58. The number of nitrogens with zero attached hydrogens (tertiary/aromatic N) is 6. The van der Waals surface area contributed by atoms with Crippen LogP contribution < -0.4 is 17.2 Å². The number of nitrogen functional groups attached to an aromatic ring is 2. The second-order valence-corrected chi connectivity index (χ2v) is 3.82. The summed E-state index contributed by atoms with van der Waals surface area (Å²) < 4.78 is 1.58. The number of aromatic nitrogens is 6. The highest BCUT2D eigenvalue weighted by molar-refractivity contribution is 5.25. The van der Waals surface area contributed by atoms with Crippen molar-refractivity contribution in [3.8, 4) is 0 Å². The lowest BCUT2D eigenvalue weighted by atomic mass is 10.2. The van der Waals surface area contributed by atoms with E-state index in [-0.39, 0.29) is 17.9 Å². The minimum Gasteiger partial charge on any atom is -0.368 e. The molecule has 0 saturated heterocycles. The molecule has 0 bridgehead atoms. The van der Waals surface area contributed by atoms with E-state index in [1.165, 1.54) is 0 Å². The first-order valence-electron chi connectivity index (χ1n) is 5.50. The van der Waals surface area contributed by atoms with Gasteiger partial charge in [0, 0.05) is 0 Å². The van der Waals surface area contributed by atoms with Crippen LogP contribution in [0, 0.1) is 0 Å². The van der Waals surface area contributed by atoms with Crippen LogP contribution >= 0.6 is 0 Å². The van der Waals surface area contributed by atoms with E-state index in [1.807, 2.05) is 6.92 Å². The maximum atomic E-state index is 5.85. The maximum Gasteiger partial charge on any atom is 0.225 e. The molecule has 0 fully saturated rings. The molecule has 2 aromatic rings. The van der Waals surface area contributed by atoms with Crippen LogP contribution in [0.3, 0.4) is 0 Å². The zero-order chi connectivity index (χ0) is 13.1. The first-order valence-corrected chi connectivity index (χ1v) is 5.50. The summed E-state index contributed by atoms with van der Waals surface area (Å²) in [5, 5.41) is 7.93. The average Bonchev–Trinajstić information content (AvgIpc) is 2.75. The number of nitrogens with two attached hydrogens (primary N) is 3. The summed E-state index contributed by atoms with van der Waals surface area (Å²) >= 11 is 0. The summed E-state index contributed by atoms with van der Waals surface area (Å²) in [6.45, 7) is 2.30. The van der Waals surface area contributed by atoms with E-state index in [1.54, 1.807) is 10.9 Å². The SMILES string of the molecule is CCC(N)c1cn(Cc2nc(N)nc(N)n2)nn1. The van der Waals surface area contributed by atoms with E-state index in [2.05, 4.69) is 25.3 Å². The topological polar surface area (TPSA) is 147 Å². The summed E-state index contributed by atoms with van der Waals surface area (Å²) in [6.07, 6.45) is 2.55. The predicted octanol–water partition coefficient (Wildman–Crippen LogP) is -0.914. The van der Waals surface area contributed by atoms with Crippen LogP contribution in [0.15, 0.2) is 6.20 Å². The Morgan fingerprint density at radius 3 is 2.50 bits per heavy atom. The molecule has 9 nitrogen and oxygen atoms in total. The minimum absolute atomic E-state index is 0.0862. The maximum absolute atomic E-state index is 5.85. The van der Waals surface area contributed by atoms with Gasteiger partial charge in [0.25, 0.3) is 0 Å². The number of hydrogen-bond donors (Lipinski definition) is 3. The van der Waals surface area contributed by atoms with Gasteiger partial charge >= 0.3 is 0 Å². The van der Waals surface area contributed by atoms with Crippen molar-refractivity contribution in [2.75, 3.05) is 11.5 Å². The molecular formula is C9H15N9. The van der Waals surface area contributed by atoms with Crippen molar-refractivity contribution in [1.82, 2.24) is 29.9 Å². The number of rotatable bonds is 4. The van der Waals surface area contributed by atoms with E-state index in [0.717, 1.165) is 12.1 Å². The molecule has 0 aliphatic rings. The lowest BCUT2D eigenvalue weighted by Crippen LogP contribution is -2.11. The van der Waals surface area contributed by atoms with E-state index >= 15 is 0 Å². The molecular weight excluding hydrogens is 234 g/mol. The van der Waals surface area contributed by atoms with Crippen molar-refractivity contribution in [3.63, 3.8) is 0 Å². The van der Waals surface area contributed by atoms with Gasteiger partial charge in [-0.05, 0) is 6.42 Å². The zero-order valence-corrected chi connectivity index (χ0v) is 9.98. The minimum atomic E-state index is -0.118. The molecule has 6 N–H and O–H groups in total. The highest BCUT2D eigenvalue weighted by atomic mass is 15.4. The van der Waals surface area contributed by atoms with Gasteiger partial charge in [-0.15, -0.1) is 5.10 Å². The molecule has 0 aliphatic heterocycles. The smallest absolute Gasteiger partial charge is 0.225 e. The van der Waals surface area contributed by atoms with Crippen LogP contribution in [0.5, 0.6) is 0 Å². The zero-order valence-electron chi connectivity index (χ0n) is 9.98. The Morgan fingerprint density at radius 1 is 1.22 bits per heavy atom. The molecule has 0 spiro atoms. The summed E-state index contributed by atoms with van der Waals surface area (Å²) in [7, 11) is 0. The standard InChI is InChI=1S/C9H15N9/c1-2-5(10)6-3-18(17-16-6)4-7-13-8(11)15-9(12)14-7/h3,5H,2,4,10H2,1H3,(H4,11,12,13,14,15). The fourth-order valence-electron chi connectivity index (χ4n) is 1.44. The summed E-state index contributed by atoms with van der Waals surface area (Å²) in [5.74, 6) is 0.604. The molecule has 2 heterocycles. The molecule has 96 valence electrons. The Morgan fingerprint density at radius 2 is 1.89 bits per heavy atom. The predicted molar refractivity (Wildman–Crippen MR) is 65.0 cm³/mol. The highest BCUT2D eigenvalue weighted by Gasteiger charge is 2.10. The van der Waals surface area contributed by atoms with Gasteiger partial charge in [-0.25, -0.2) is 4.68 Å². The molecule has 1 unspecified atom stereocenters. The first kappa shape index (κ1) is 12.2. The van der Waals surface area contributed by atoms with Gasteiger partial charge in [0.05, 0.1) is 17.9 Å². The van der Waals surface area contributed by atoms with E-state index in [0.29, 0.717) is 12.4 Å². The Bertz CT molecular complexity index is 514. The van der Waals surface area contributed by atoms with Crippen LogP contribution in [0.2, 0.25) is 0 Å². The molecule has 0 amide bonds. The van der Waals surface area contributed by atoms with Crippen LogP contribution in [0.4, 0.5) is 11.9 Å². The van der Waals surface area contributed by atoms with Gasteiger partial charge < -0.3 is 17.2 Å². The summed E-state index contributed by atoms with van der Waals surface area (Å²) in [6, 6.07) is -0.118. The van der Waals surface area contributed by atoms with Gasteiger partial charge in [0.15, 0.2) is 5.82 Å². The molecule has 9 heteroatoms. The van der Waals surface area contributed by atoms with Gasteiger partial charge in [0.2, 0.25) is 11.9 Å². The van der Waals surface area contributed by atoms with Crippen molar-refractivity contribution in [3.05, 3.63) is 17.7 Å². The Balaban J connectivity index is 2.16. The van der Waals surface area contributed by atoms with E-state index < -0.39 is 0 Å². The third kappa shape index (κ3) is 2.69. The fraction of sp³-hybridized carbons (Fsp3) is 0.444. The number of anilines is 2. The molecule has 0 saturated carbocycles. The van der Waals surface area contributed by atoms with Gasteiger partial charge in [0.1, 0.15) is 6.54 Å². The Labute approximate surface area is 103 Å². The van der Waals surface area contributed by atoms with Crippen LogP contribution in [-0.2, 0) is 6.54 Å². The van der Waals surface area contributed by atoms with Crippen molar-refractivity contribution in [1.29, 1.82) is 0 Å². The Kier molecular flexibility index (Phi) is 3.33. The van der Waals surface area contributed by atoms with Crippen molar-refractivity contribution < 1.29 is 0 Å². The molecule has 0 aliphatic carbocycles. The van der Waals surface area contributed by atoms with Gasteiger partial charge in [-0.2, -0.15) is 15.0 Å². The van der Waals surface area contributed by atoms with Gasteiger partial charge in [-0.3, -0.25) is 0 Å². The number of hydrogen-bond acceptors (Lipinski definition) is 8. The largest absolute Gasteiger partial charge is 0.368 e. The quantitative estimate of drug-likeness (QED) is 0.630. The van der Waals surface area contributed by atoms with Crippen molar-refractivity contribution in [2.45, 2.75) is 25.9 Å². The lowest BCUT2D eigenvalue weighted by Gasteiger charge is -2.02. The normalized spacial score (nSPS) is 12.6. The molecule has 0 aromatic carbocycles. The van der Waals surface area contributed by atoms with E-state index in [4.69, 9.17) is 17.2 Å².